The monoisotopic (exact) mass is 264 g/mol. The van der Waals surface area contributed by atoms with E-state index in [4.69, 9.17) is 10.00 Å². The molecule has 1 aromatic rings. The molecule has 1 atom stereocenters. The van der Waals surface area contributed by atoms with Crippen LogP contribution >= 0.6 is 11.8 Å². The maximum atomic E-state index is 11.8. The van der Waals surface area contributed by atoms with E-state index in [9.17, 15) is 4.79 Å². The Morgan fingerprint density at radius 1 is 1.50 bits per heavy atom. The second kappa shape index (κ2) is 7.62. The molecule has 5 heteroatoms. The first kappa shape index (κ1) is 14.4. The molecule has 0 heterocycles. The Morgan fingerprint density at radius 3 is 2.72 bits per heavy atom. The molecular formula is C13H16N2O2S. The van der Waals surface area contributed by atoms with E-state index in [0.717, 1.165) is 11.4 Å². The summed E-state index contributed by atoms with van der Waals surface area (Å²) in [6.07, 6.45) is 0.463. The average molecular weight is 264 g/mol. The molecule has 0 fully saturated rings. The second-order valence-electron chi connectivity index (χ2n) is 3.64. The van der Waals surface area contributed by atoms with Crippen LogP contribution in [0.5, 0.6) is 5.75 Å². The van der Waals surface area contributed by atoms with Crippen molar-refractivity contribution in [2.45, 2.75) is 18.6 Å². The van der Waals surface area contributed by atoms with Gasteiger partial charge >= 0.3 is 0 Å². The Balaban J connectivity index is 2.45. The zero-order valence-electron chi connectivity index (χ0n) is 10.5. The minimum Gasteiger partial charge on any atom is -0.497 e. The number of hydrogen-bond donors (Lipinski definition) is 1. The van der Waals surface area contributed by atoms with Crippen LogP contribution in [0.15, 0.2) is 24.3 Å². The summed E-state index contributed by atoms with van der Waals surface area (Å²) in [6.45, 7) is 1.83. The first-order valence-corrected chi connectivity index (χ1v) is 6.65. The Kier molecular flexibility index (Phi) is 6.09. The number of nitriles is 1. The Labute approximate surface area is 111 Å². The van der Waals surface area contributed by atoms with Gasteiger partial charge in [-0.3, -0.25) is 4.79 Å². The highest BCUT2D eigenvalue weighted by Crippen LogP contribution is 2.17. The normalized spacial score (nSPS) is 11.4. The van der Waals surface area contributed by atoms with Crippen LogP contribution in [0.2, 0.25) is 0 Å². The Hall–Kier alpha value is -1.67. The van der Waals surface area contributed by atoms with E-state index in [1.54, 1.807) is 31.4 Å². The number of rotatable bonds is 6. The molecule has 4 nitrogen and oxygen atoms in total. The lowest BCUT2D eigenvalue weighted by molar-refractivity contribution is -0.115. The molecule has 0 saturated carbocycles. The summed E-state index contributed by atoms with van der Waals surface area (Å²) in [5.41, 5.74) is 0.744. The molecule has 1 aromatic carbocycles. The first-order valence-electron chi connectivity index (χ1n) is 5.61. The molecule has 1 rings (SSSR count). The number of benzene rings is 1. The van der Waals surface area contributed by atoms with Crippen molar-refractivity contribution in [2.75, 3.05) is 18.2 Å². The second-order valence-corrected chi connectivity index (χ2v) is 5.09. The molecule has 1 N–H and O–H groups in total. The maximum Gasteiger partial charge on any atom is 0.237 e. The topological polar surface area (TPSA) is 62.1 Å². The van der Waals surface area contributed by atoms with Crippen molar-refractivity contribution in [1.29, 1.82) is 5.26 Å². The highest BCUT2D eigenvalue weighted by molar-refractivity contribution is 8.00. The summed E-state index contributed by atoms with van der Waals surface area (Å²) >= 11 is 1.48. The molecule has 18 heavy (non-hydrogen) atoms. The van der Waals surface area contributed by atoms with Gasteiger partial charge in [-0.25, -0.2) is 0 Å². The molecule has 0 saturated heterocycles. The van der Waals surface area contributed by atoms with Crippen LogP contribution in [-0.4, -0.2) is 24.0 Å². The molecule has 96 valence electrons. The minimum atomic E-state index is -0.166. The third-order valence-corrected chi connectivity index (χ3v) is 3.46. The minimum absolute atomic E-state index is 0.0527. The van der Waals surface area contributed by atoms with Crippen molar-refractivity contribution < 1.29 is 9.53 Å². The van der Waals surface area contributed by atoms with E-state index in [1.807, 2.05) is 6.92 Å². The molecule has 0 aromatic heterocycles. The van der Waals surface area contributed by atoms with Crippen molar-refractivity contribution in [3.05, 3.63) is 24.3 Å². The van der Waals surface area contributed by atoms with Crippen molar-refractivity contribution in [1.82, 2.24) is 0 Å². The number of methoxy groups -OCH3 is 1. The standard InChI is InChI=1S/C13H16N2O2S/c1-10(18-9-3-8-14)13(16)15-11-4-6-12(17-2)7-5-11/h4-7,10H,3,9H2,1-2H3,(H,15,16). The van der Waals surface area contributed by atoms with Crippen LogP contribution in [0, 0.1) is 11.3 Å². The lowest BCUT2D eigenvalue weighted by atomic mass is 10.3. The zero-order chi connectivity index (χ0) is 13.4. The van der Waals surface area contributed by atoms with E-state index in [2.05, 4.69) is 11.4 Å². The van der Waals surface area contributed by atoms with Gasteiger partial charge in [0.2, 0.25) is 5.91 Å². The number of hydrogen-bond acceptors (Lipinski definition) is 4. The van der Waals surface area contributed by atoms with Gasteiger partial charge in [0, 0.05) is 17.9 Å². The van der Waals surface area contributed by atoms with Crippen molar-refractivity contribution in [3.63, 3.8) is 0 Å². The molecule has 0 spiro atoms. The molecule has 0 aliphatic carbocycles. The highest BCUT2D eigenvalue weighted by Gasteiger charge is 2.12. The molecular weight excluding hydrogens is 248 g/mol. The summed E-state index contributed by atoms with van der Waals surface area (Å²) in [5, 5.41) is 11.1. The van der Waals surface area contributed by atoms with Gasteiger partial charge in [0.1, 0.15) is 5.75 Å². The number of carbonyl (C=O) groups is 1. The molecule has 1 amide bonds. The predicted molar refractivity (Wildman–Crippen MR) is 73.8 cm³/mol. The van der Waals surface area contributed by atoms with E-state index in [1.165, 1.54) is 11.8 Å². The van der Waals surface area contributed by atoms with Gasteiger partial charge in [0.15, 0.2) is 0 Å². The predicted octanol–water partition coefficient (Wildman–Crippen LogP) is 2.67. The van der Waals surface area contributed by atoms with Gasteiger partial charge in [-0.05, 0) is 31.2 Å². The third-order valence-electron chi connectivity index (χ3n) is 2.31. The summed E-state index contributed by atoms with van der Waals surface area (Å²) in [6, 6.07) is 9.24. The Bertz CT molecular complexity index is 426. The van der Waals surface area contributed by atoms with E-state index in [0.29, 0.717) is 12.2 Å². The molecule has 1 unspecified atom stereocenters. The zero-order valence-corrected chi connectivity index (χ0v) is 11.3. The number of nitrogens with zero attached hydrogens (tertiary/aromatic N) is 1. The van der Waals surface area contributed by atoms with Crippen LogP contribution in [0.4, 0.5) is 5.69 Å². The fourth-order valence-corrected chi connectivity index (χ4v) is 2.05. The molecule has 0 bridgehead atoms. The first-order chi connectivity index (χ1) is 8.67. The van der Waals surface area contributed by atoms with Crippen molar-refractivity contribution in [2.24, 2.45) is 0 Å². The van der Waals surface area contributed by atoms with Crippen LogP contribution in [-0.2, 0) is 4.79 Å². The molecule has 0 aliphatic rings. The Morgan fingerprint density at radius 2 is 2.17 bits per heavy atom. The van der Waals surface area contributed by atoms with Gasteiger partial charge in [-0.2, -0.15) is 5.26 Å². The van der Waals surface area contributed by atoms with Gasteiger partial charge in [0.05, 0.1) is 18.4 Å². The third kappa shape index (κ3) is 4.68. The van der Waals surface area contributed by atoms with Gasteiger partial charge in [-0.15, -0.1) is 11.8 Å². The van der Waals surface area contributed by atoms with Crippen molar-refractivity contribution >= 4 is 23.4 Å². The maximum absolute atomic E-state index is 11.8. The lowest BCUT2D eigenvalue weighted by Gasteiger charge is -2.11. The SMILES string of the molecule is COc1ccc(NC(=O)C(C)SCCC#N)cc1. The van der Waals surface area contributed by atoms with Gasteiger partial charge in [0.25, 0.3) is 0 Å². The summed E-state index contributed by atoms with van der Waals surface area (Å²) in [5.74, 6) is 1.38. The number of anilines is 1. The number of thioether (sulfide) groups is 1. The number of amides is 1. The fraction of sp³-hybridized carbons (Fsp3) is 0.385. The largest absolute Gasteiger partial charge is 0.497 e. The van der Waals surface area contributed by atoms with Gasteiger partial charge in [-0.1, -0.05) is 0 Å². The van der Waals surface area contributed by atoms with E-state index >= 15 is 0 Å². The van der Waals surface area contributed by atoms with Crippen LogP contribution in [0.25, 0.3) is 0 Å². The molecule has 0 radical (unpaired) electrons. The molecule has 0 aliphatic heterocycles. The number of carbonyl (C=O) groups excluding carboxylic acids is 1. The lowest BCUT2D eigenvalue weighted by Crippen LogP contribution is -2.22. The average Bonchev–Trinajstić information content (AvgIpc) is 2.39. The van der Waals surface area contributed by atoms with Crippen LogP contribution < -0.4 is 10.1 Å². The van der Waals surface area contributed by atoms with E-state index in [-0.39, 0.29) is 11.2 Å². The highest BCUT2D eigenvalue weighted by atomic mass is 32.2. The van der Waals surface area contributed by atoms with Crippen LogP contribution in [0.1, 0.15) is 13.3 Å². The summed E-state index contributed by atoms with van der Waals surface area (Å²) in [7, 11) is 1.60. The number of ether oxygens (including phenoxy) is 1. The fourth-order valence-electron chi connectivity index (χ4n) is 1.28. The number of nitrogens with one attached hydrogen (secondary N) is 1. The summed E-state index contributed by atoms with van der Waals surface area (Å²) in [4.78, 5) is 11.8. The summed E-state index contributed by atoms with van der Waals surface area (Å²) < 4.78 is 5.04. The van der Waals surface area contributed by atoms with Crippen molar-refractivity contribution in [3.8, 4) is 11.8 Å². The van der Waals surface area contributed by atoms with Crippen LogP contribution in [0.3, 0.4) is 0 Å². The van der Waals surface area contributed by atoms with E-state index < -0.39 is 0 Å². The smallest absolute Gasteiger partial charge is 0.237 e. The quantitative estimate of drug-likeness (QED) is 0.802. The van der Waals surface area contributed by atoms with Gasteiger partial charge < -0.3 is 10.1 Å².